The van der Waals surface area contributed by atoms with Crippen molar-refractivity contribution in [2.75, 3.05) is 45.9 Å². The number of hydrogen-bond acceptors (Lipinski definition) is 6. The van der Waals surface area contributed by atoms with Gasteiger partial charge in [0.2, 0.25) is 5.91 Å². The molecule has 3 rings (SSSR count). The molecule has 0 saturated carbocycles. The molecule has 30 heavy (non-hydrogen) atoms. The van der Waals surface area contributed by atoms with Gasteiger partial charge in [-0.1, -0.05) is 55.2 Å². The monoisotopic (exact) mass is 447 g/mol. The summed E-state index contributed by atoms with van der Waals surface area (Å²) < 4.78 is 5.84. The molecule has 0 radical (unpaired) electrons. The number of amides is 2. The molecule has 1 aromatic rings. The highest BCUT2D eigenvalue weighted by atomic mass is 32.2. The van der Waals surface area contributed by atoms with Crippen LogP contribution >= 0.6 is 24.0 Å². The molecule has 0 aliphatic carbocycles. The van der Waals surface area contributed by atoms with E-state index >= 15 is 0 Å². The molecule has 2 aliphatic rings. The number of benzene rings is 1. The van der Waals surface area contributed by atoms with Gasteiger partial charge in [-0.05, 0) is 36.6 Å². The molecule has 0 atom stereocenters. The Hall–Kier alpha value is -1.74. The van der Waals surface area contributed by atoms with E-state index < -0.39 is 0 Å². The summed E-state index contributed by atoms with van der Waals surface area (Å²) in [5, 5.41) is 2.94. The molecule has 8 heteroatoms. The van der Waals surface area contributed by atoms with Crippen molar-refractivity contribution in [2.24, 2.45) is 0 Å². The van der Waals surface area contributed by atoms with Crippen LogP contribution in [0.1, 0.15) is 30.9 Å². The minimum Gasteiger partial charge on any atom is -0.379 e. The van der Waals surface area contributed by atoms with Crippen LogP contribution in [0.2, 0.25) is 0 Å². The number of nitrogens with one attached hydrogen (secondary N) is 1. The second-order valence-corrected chi connectivity index (χ2v) is 9.01. The molecule has 1 N–H and O–H groups in total. The van der Waals surface area contributed by atoms with Crippen LogP contribution in [0.3, 0.4) is 0 Å². The summed E-state index contributed by atoms with van der Waals surface area (Å²) in [4.78, 5) is 29.3. The number of hydrogen-bond donors (Lipinski definition) is 1. The van der Waals surface area contributed by atoms with Crippen LogP contribution in [-0.4, -0.2) is 71.9 Å². The quantitative estimate of drug-likeness (QED) is 0.357. The van der Waals surface area contributed by atoms with E-state index in [1.165, 1.54) is 22.2 Å². The average Bonchev–Trinajstić information content (AvgIpc) is 3.03. The van der Waals surface area contributed by atoms with E-state index in [9.17, 15) is 9.59 Å². The predicted octanol–water partition coefficient (Wildman–Crippen LogP) is 2.68. The molecule has 0 bridgehead atoms. The number of aryl methyl sites for hydroxylation is 1. The molecule has 2 fully saturated rings. The van der Waals surface area contributed by atoms with Gasteiger partial charge in [-0.3, -0.25) is 19.4 Å². The first-order chi connectivity index (χ1) is 14.6. The Morgan fingerprint density at radius 1 is 1.23 bits per heavy atom. The molecule has 6 nitrogen and oxygen atoms in total. The number of nitrogens with zero attached hydrogens (tertiary/aromatic N) is 2. The number of carbonyl (C=O) groups is 2. The maximum atomic E-state index is 12.7. The van der Waals surface area contributed by atoms with Crippen LogP contribution in [0.4, 0.5) is 0 Å². The topological polar surface area (TPSA) is 61.9 Å². The van der Waals surface area contributed by atoms with E-state index in [0.29, 0.717) is 22.3 Å². The van der Waals surface area contributed by atoms with Crippen molar-refractivity contribution in [1.82, 2.24) is 15.1 Å². The number of ether oxygens (including phenoxy) is 1. The van der Waals surface area contributed by atoms with Gasteiger partial charge in [-0.2, -0.15) is 0 Å². The second-order valence-electron chi connectivity index (χ2n) is 7.34. The maximum Gasteiger partial charge on any atom is 0.266 e. The fraction of sp³-hybridized carbons (Fsp3) is 0.500. The molecular formula is C22H29N3O3S2. The van der Waals surface area contributed by atoms with Gasteiger partial charge in [0.1, 0.15) is 4.32 Å². The van der Waals surface area contributed by atoms with E-state index in [1.807, 2.05) is 18.2 Å². The Bertz CT molecular complexity index is 789. The number of thioether (sulfide) groups is 1. The van der Waals surface area contributed by atoms with Crippen molar-refractivity contribution >= 4 is 46.2 Å². The first-order valence-corrected chi connectivity index (χ1v) is 11.7. The number of morpholine rings is 1. The van der Waals surface area contributed by atoms with Crippen LogP contribution in [0.25, 0.3) is 6.08 Å². The van der Waals surface area contributed by atoms with Gasteiger partial charge >= 0.3 is 0 Å². The lowest BCUT2D eigenvalue weighted by Crippen LogP contribution is -2.38. The van der Waals surface area contributed by atoms with Gasteiger partial charge in [0.05, 0.1) is 18.1 Å². The summed E-state index contributed by atoms with van der Waals surface area (Å²) >= 11 is 6.66. The SMILES string of the molecule is CCc1ccc(/C=C2\SC(=S)N(CCC(=O)NCCCN3CCOCC3)C2=O)cc1. The molecule has 2 saturated heterocycles. The standard InChI is InChI=1S/C22H29N3O3S2/c1-2-17-4-6-18(7-5-17)16-19-21(27)25(22(29)30-19)11-8-20(26)23-9-3-10-24-12-14-28-15-13-24/h4-7,16H,2-3,8-15H2,1H3,(H,23,26)/b19-16-. The summed E-state index contributed by atoms with van der Waals surface area (Å²) in [5.74, 6) is -0.171. The van der Waals surface area contributed by atoms with Crippen LogP contribution in [0.5, 0.6) is 0 Å². The summed E-state index contributed by atoms with van der Waals surface area (Å²) in [5.41, 5.74) is 2.24. The molecule has 162 valence electrons. The highest BCUT2D eigenvalue weighted by Crippen LogP contribution is 2.32. The highest BCUT2D eigenvalue weighted by molar-refractivity contribution is 8.26. The maximum absolute atomic E-state index is 12.7. The third kappa shape index (κ3) is 6.63. The van der Waals surface area contributed by atoms with Crippen molar-refractivity contribution in [2.45, 2.75) is 26.2 Å². The van der Waals surface area contributed by atoms with Crippen molar-refractivity contribution in [3.63, 3.8) is 0 Å². The van der Waals surface area contributed by atoms with Crippen LogP contribution in [0, 0.1) is 0 Å². The first kappa shape index (κ1) is 22.9. The fourth-order valence-electron chi connectivity index (χ4n) is 3.35. The zero-order chi connectivity index (χ0) is 21.3. The number of thiocarbonyl (C=S) groups is 1. The lowest BCUT2D eigenvalue weighted by molar-refractivity contribution is -0.123. The minimum absolute atomic E-state index is 0.0508. The summed E-state index contributed by atoms with van der Waals surface area (Å²) in [6, 6.07) is 8.15. The molecule has 2 amide bonds. The molecule has 0 spiro atoms. The van der Waals surface area contributed by atoms with E-state index in [2.05, 4.69) is 29.3 Å². The van der Waals surface area contributed by atoms with Gasteiger partial charge in [-0.15, -0.1) is 0 Å². The minimum atomic E-state index is -0.121. The Morgan fingerprint density at radius 3 is 2.67 bits per heavy atom. The molecule has 2 aliphatic heterocycles. The van der Waals surface area contributed by atoms with Gasteiger partial charge in [0.25, 0.3) is 5.91 Å². The molecule has 0 unspecified atom stereocenters. The van der Waals surface area contributed by atoms with Crippen molar-refractivity contribution in [1.29, 1.82) is 0 Å². The van der Waals surface area contributed by atoms with E-state index in [1.54, 1.807) is 0 Å². The molecule has 0 aromatic heterocycles. The first-order valence-electron chi connectivity index (χ1n) is 10.5. The van der Waals surface area contributed by atoms with Crippen molar-refractivity contribution in [3.8, 4) is 0 Å². The highest BCUT2D eigenvalue weighted by Gasteiger charge is 2.32. The van der Waals surface area contributed by atoms with E-state index in [-0.39, 0.29) is 18.2 Å². The largest absolute Gasteiger partial charge is 0.379 e. The molecule has 1 aromatic carbocycles. The summed E-state index contributed by atoms with van der Waals surface area (Å²) in [6.45, 7) is 7.51. The van der Waals surface area contributed by atoms with Gasteiger partial charge in [0, 0.05) is 32.6 Å². The smallest absolute Gasteiger partial charge is 0.266 e. The van der Waals surface area contributed by atoms with Crippen LogP contribution in [-0.2, 0) is 20.7 Å². The Labute approximate surface area is 188 Å². The summed E-state index contributed by atoms with van der Waals surface area (Å²) in [6.07, 6.45) is 4.01. The van der Waals surface area contributed by atoms with Gasteiger partial charge in [0.15, 0.2) is 0 Å². The van der Waals surface area contributed by atoms with Crippen molar-refractivity contribution < 1.29 is 14.3 Å². The van der Waals surface area contributed by atoms with Crippen LogP contribution in [0.15, 0.2) is 29.2 Å². The Balaban J connectivity index is 1.41. The predicted molar refractivity (Wildman–Crippen MR) is 125 cm³/mol. The van der Waals surface area contributed by atoms with E-state index in [4.69, 9.17) is 17.0 Å². The Morgan fingerprint density at radius 2 is 1.97 bits per heavy atom. The Kier molecular flexibility index (Phi) is 8.87. The second kappa shape index (κ2) is 11.6. The molecule has 2 heterocycles. The van der Waals surface area contributed by atoms with E-state index in [0.717, 1.165) is 51.3 Å². The summed E-state index contributed by atoms with van der Waals surface area (Å²) in [7, 11) is 0. The third-order valence-corrected chi connectivity index (χ3v) is 6.58. The fourth-order valence-corrected chi connectivity index (χ4v) is 4.66. The lowest BCUT2D eigenvalue weighted by Gasteiger charge is -2.26. The molecular weight excluding hydrogens is 418 g/mol. The zero-order valence-electron chi connectivity index (χ0n) is 17.4. The third-order valence-electron chi connectivity index (χ3n) is 5.20. The number of rotatable bonds is 9. The van der Waals surface area contributed by atoms with Crippen molar-refractivity contribution in [3.05, 3.63) is 40.3 Å². The average molecular weight is 448 g/mol. The number of carbonyl (C=O) groups excluding carboxylic acids is 2. The zero-order valence-corrected chi connectivity index (χ0v) is 19.0. The van der Waals surface area contributed by atoms with Gasteiger partial charge in [-0.25, -0.2) is 0 Å². The van der Waals surface area contributed by atoms with Crippen LogP contribution < -0.4 is 5.32 Å². The normalized spacial score (nSPS) is 19.0. The van der Waals surface area contributed by atoms with Gasteiger partial charge < -0.3 is 10.1 Å². The lowest BCUT2D eigenvalue weighted by atomic mass is 10.1.